The van der Waals surface area contributed by atoms with Crippen LogP contribution in [0.4, 0.5) is 0 Å². The summed E-state index contributed by atoms with van der Waals surface area (Å²) in [5.41, 5.74) is 5.40. The minimum absolute atomic E-state index is 0.0846. The summed E-state index contributed by atoms with van der Waals surface area (Å²) in [5, 5.41) is 8.57. The molecule has 19 heavy (non-hydrogen) atoms. The maximum atomic E-state index is 5.70. The first-order valence-electron chi connectivity index (χ1n) is 6.47. The summed E-state index contributed by atoms with van der Waals surface area (Å²) in [6.07, 6.45) is 2.37. The summed E-state index contributed by atoms with van der Waals surface area (Å²) < 4.78 is 1.97. The van der Waals surface area contributed by atoms with E-state index in [-0.39, 0.29) is 6.04 Å². The van der Waals surface area contributed by atoms with Crippen LogP contribution in [0.25, 0.3) is 0 Å². The van der Waals surface area contributed by atoms with E-state index in [1.165, 1.54) is 11.1 Å². The van der Waals surface area contributed by atoms with Gasteiger partial charge in [0.2, 0.25) is 0 Å². The van der Waals surface area contributed by atoms with Crippen molar-refractivity contribution in [2.24, 2.45) is 11.8 Å². The van der Waals surface area contributed by atoms with Crippen molar-refractivity contribution in [3.63, 3.8) is 0 Å². The number of aromatic nitrogens is 3. The van der Waals surface area contributed by atoms with Crippen LogP contribution < -0.4 is 11.3 Å². The van der Waals surface area contributed by atoms with Crippen LogP contribution in [0.2, 0.25) is 0 Å². The van der Waals surface area contributed by atoms with Crippen molar-refractivity contribution in [1.29, 1.82) is 0 Å². The molecule has 2 aromatic rings. The lowest BCUT2D eigenvalue weighted by Gasteiger charge is -2.16. The molecular formula is C13H21N5S. The van der Waals surface area contributed by atoms with Crippen molar-refractivity contribution >= 4 is 11.3 Å². The Bertz CT molecular complexity index is 517. The highest BCUT2D eigenvalue weighted by molar-refractivity contribution is 7.08. The lowest BCUT2D eigenvalue weighted by Crippen LogP contribution is -2.30. The Morgan fingerprint density at radius 3 is 2.79 bits per heavy atom. The number of nitrogens with one attached hydrogen (secondary N) is 1. The minimum atomic E-state index is 0.0846. The van der Waals surface area contributed by atoms with Crippen LogP contribution in [0.15, 0.2) is 17.1 Å². The van der Waals surface area contributed by atoms with Crippen molar-refractivity contribution in [2.75, 3.05) is 0 Å². The zero-order chi connectivity index (χ0) is 13.8. The molecule has 6 heteroatoms. The van der Waals surface area contributed by atoms with E-state index in [1.54, 1.807) is 17.7 Å². The third-order valence-corrected chi connectivity index (χ3v) is 3.97. The van der Waals surface area contributed by atoms with E-state index in [0.717, 1.165) is 18.8 Å². The summed E-state index contributed by atoms with van der Waals surface area (Å²) in [6.45, 7) is 7.34. The van der Waals surface area contributed by atoms with E-state index in [4.69, 9.17) is 5.84 Å². The second-order valence-corrected chi connectivity index (χ2v) is 5.93. The first-order chi connectivity index (χ1) is 9.11. The van der Waals surface area contributed by atoms with Crippen molar-refractivity contribution in [1.82, 2.24) is 20.2 Å². The monoisotopic (exact) mass is 279 g/mol. The highest BCUT2D eigenvalue weighted by Gasteiger charge is 2.17. The predicted octanol–water partition coefficient (Wildman–Crippen LogP) is 2.05. The SMILES string of the molecule is Cc1cscc1C(Cc1ncnn1CC(C)C)NN. The Hall–Kier alpha value is -1.24. The number of hydrogen-bond acceptors (Lipinski definition) is 5. The largest absolute Gasteiger partial charge is 0.271 e. The molecule has 3 N–H and O–H groups in total. The molecule has 2 rings (SSSR count). The average molecular weight is 279 g/mol. The molecule has 0 aliphatic heterocycles. The fraction of sp³-hybridized carbons (Fsp3) is 0.538. The number of thiophene rings is 1. The molecule has 0 saturated carbocycles. The van der Waals surface area contributed by atoms with Crippen molar-refractivity contribution in [3.8, 4) is 0 Å². The standard InChI is InChI=1S/C13H21N5S/c1-9(2)5-18-13(15-8-16-18)4-12(17-14)11-7-19-6-10(11)3/h6-9,12,17H,4-5,14H2,1-3H3. The van der Waals surface area contributed by atoms with Gasteiger partial charge in [-0.05, 0) is 34.7 Å². The van der Waals surface area contributed by atoms with Gasteiger partial charge in [0.1, 0.15) is 12.2 Å². The molecule has 0 saturated heterocycles. The van der Waals surface area contributed by atoms with E-state index in [1.807, 2.05) is 4.68 Å². The van der Waals surface area contributed by atoms with Crippen LogP contribution in [-0.4, -0.2) is 14.8 Å². The number of hydrogen-bond donors (Lipinski definition) is 2. The van der Waals surface area contributed by atoms with Crippen LogP contribution in [0.5, 0.6) is 0 Å². The van der Waals surface area contributed by atoms with Gasteiger partial charge in [-0.25, -0.2) is 9.67 Å². The maximum Gasteiger partial charge on any atom is 0.138 e. The second-order valence-electron chi connectivity index (χ2n) is 5.19. The van der Waals surface area contributed by atoms with Gasteiger partial charge in [0.15, 0.2) is 0 Å². The topological polar surface area (TPSA) is 68.8 Å². The van der Waals surface area contributed by atoms with E-state index >= 15 is 0 Å². The lowest BCUT2D eigenvalue weighted by molar-refractivity contribution is 0.446. The van der Waals surface area contributed by atoms with Gasteiger partial charge < -0.3 is 0 Å². The quantitative estimate of drug-likeness (QED) is 0.627. The predicted molar refractivity (Wildman–Crippen MR) is 77.7 cm³/mol. The van der Waals surface area contributed by atoms with E-state index < -0.39 is 0 Å². The molecule has 0 aliphatic rings. The lowest BCUT2D eigenvalue weighted by atomic mass is 10.0. The molecule has 104 valence electrons. The second kappa shape index (κ2) is 6.27. The third kappa shape index (κ3) is 3.40. The van der Waals surface area contributed by atoms with Gasteiger partial charge in [-0.15, -0.1) is 0 Å². The summed E-state index contributed by atoms with van der Waals surface area (Å²) in [7, 11) is 0. The molecule has 0 fully saturated rings. The number of nitrogens with zero attached hydrogens (tertiary/aromatic N) is 3. The molecule has 2 aromatic heterocycles. The van der Waals surface area contributed by atoms with Crippen LogP contribution in [0.3, 0.4) is 0 Å². The first-order valence-corrected chi connectivity index (χ1v) is 7.41. The van der Waals surface area contributed by atoms with Crippen LogP contribution >= 0.6 is 11.3 Å². The Balaban J connectivity index is 2.15. The zero-order valence-corrected chi connectivity index (χ0v) is 12.4. The zero-order valence-electron chi connectivity index (χ0n) is 11.6. The molecule has 0 amide bonds. The van der Waals surface area contributed by atoms with Crippen molar-refractivity contribution < 1.29 is 0 Å². The molecule has 1 atom stereocenters. The van der Waals surface area contributed by atoms with Gasteiger partial charge in [0, 0.05) is 13.0 Å². The summed E-state index contributed by atoms with van der Waals surface area (Å²) in [6, 6.07) is 0.0846. The molecule has 0 spiro atoms. The molecule has 0 bridgehead atoms. The van der Waals surface area contributed by atoms with E-state index in [2.05, 4.69) is 47.0 Å². The first kappa shape index (κ1) is 14.2. The molecule has 5 nitrogen and oxygen atoms in total. The Morgan fingerprint density at radius 1 is 1.42 bits per heavy atom. The fourth-order valence-electron chi connectivity index (χ4n) is 2.11. The highest BCUT2D eigenvalue weighted by atomic mass is 32.1. The third-order valence-electron chi connectivity index (χ3n) is 3.09. The number of aryl methyl sites for hydroxylation is 1. The highest BCUT2D eigenvalue weighted by Crippen LogP contribution is 2.23. The van der Waals surface area contributed by atoms with Gasteiger partial charge in [-0.2, -0.15) is 16.4 Å². The number of hydrazine groups is 1. The fourth-order valence-corrected chi connectivity index (χ4v) is 3.02. The average Bonchev–Trinajstić information content (AvgIpc) is 2.95. The van der Waals surface area contributed by atoms with Crippen LogP contribution in [0.1, 0.15) is 36.8 Å². The van der Waals surface area contributed by atoms with Gasteiger partial charge in [0.05, 0.1) is 6.04 Å². The van der Waals surface area contributed by atoms with Gasteiger partial charge in [0.25, 0.3) is 0 Å². The Labute approximate surface area is 117 Å². The summed E-state index contributed by atoms with van der Waals surface area (Å²) in [5.74, 6) is 7.22. The molecule has 0 aliphatic carbocycles. The molecule has 1 unspecified atom stereocenters. The minimum Gasteiger partial charge on any atom is -0.271 e. The van der Waals surface area contributed by atoms with E-state index in [9.17, 15) is 0 Å². The number of rotatable bonds is 6. The maximum absolute atomic E-state index is 5.70. The Morgan fingerprint density at radius 2 is 2.21 bits per heavy atom. The van der Waals surface area contributed by atoms with Crippen LogP contribution in [-0.2, 0) is 13.0 Å². The van der Waals surface area contributed by atoms with Crippen LogP contribution in [0, 0.1) is 12.8 Å². The molecule has 0 aromatic carbocycles. The van der Waals surface area contributed by atoms with Gasteiger partial charge >= 0.3 is 0 Å². The van der Waals surface area contributed by atoms with Crippen molar-refractivity contribution in [2.45, 2.75) is 39.8 Å². The van der Waals surface area contributed by atoms with Crippen molar-refractivity contribution in [3.05, 3.63) is 34.0 Å². The molecular weight excluding hydrogens is 258 g/mol. The molecule has 2 heterocycles. The Kier molecular flexibility index (Phi) is 4.68. The van der Waals surface area contributed by atoms with E-state index in [0.29, 0.717) is 5.92 Å². The van der Waals surface area contributed by atoms with Gasteiger partial charge in [-0.3, -0.25) is 11.3 Å². The smallest absolute Gasteiger partial charge is 0.138 e. The summed E-state index contributed by atoms with van der Waals surface area (Å²) in [4.78, 5) is 4.36. The van der Waals surface area contributed by atoms with Gasteiger partial charge in [-0.1, -0.05) is 13.8 Å². The normalized spacial score (nSPS) is 13.1. The summed E-state index contributed by atoms with van der Waals surface area (Å²) >= 11 is 1.70. The molecule has 0 radical (unpaired) electrons. The number of nitrogens with two attached hydrogens (primary N) is 1.